The van der Waals surface area contributed by atoms with Crippen molar-refractivity contribution >= 4 is 17.6 Å². The first-order valence-corrected chi connectivity index (χ1v) is 7.26. The molecule has 0 amide bonds. The van der Waals surface area contributed by atoms with Crippen LogP contribution in [-0.4, -0.2) is 51.6 Å². The third kappa shape index (κ3) is 3.40. The second-order valence-electron chi connectivity index (χ2n) is 5.56. The number of hydrogen-bond acceptors (Lipinski definition) is 4. The average molecular weight is 293 g/mol. The van der Waals surface area contributed by atoms with Gasteiger partial charge in [0.2, 0.25) is 0 Å². The summed E-state index contributed by atoms with van der Waals surface area (Å²) >= 11 is 6.27. The quantitative estimate of drug-likeness (QED) is 0.636. The Balaban J connectivity index is 1.80. The first kappa shape index (κ1) is 15.0. The van der Waals surface area contributed by atoms with Crippen LogP contribution in [0.5, 0.6) is 0 Å². The molecule has 2 fully saturated rings. The summed E-state index contributed by atoms with van der Waals surface area (Å²) in [5.74, 6) is -0.750. The second kappa shape index (κ2) is 6.39. The standard InChI is InChI=1S/C13H21ClO5/c14-9(2-1-3-13(17)18)12-4-7-8(6-15)10(16)5-11(7)19-12/h7-12,15-16H,1-6H2,(H,17,18). The van der Waals surface area contributed by atoms with Gasteiger partial charge in [-0.3, -0.25) is 4.79 Å². The van der Waals surface area contributed by atoms with Crippen molar-refractivity contribution in [2.75, 3.05) is 6.61 Å². The molecule has 2 aliphatic rings. The number of aliphatic carboxylic acids is 1. The Hall–Kier alpha value is -0.360. The zero-order valence-electron chi connectivity index (χ0n) is 10.7. The van der Waals surface area contributed by atoms with E-state index in [2.05, 4.69) is 0 Å². The molecule has 0 bridgehead atoms. The number of halogens is 1. The van der Waals surface area contributed by atoms with Crippen LogP contribution < -0.4 is 0 Å². The number of ether oxygens (including phenoxy) is 1. The number of carboxylic acid groups (broad SMARTS) is 1. The third-order valence-electron chi connectivity index (χ3n) is 4.33. The van der Waals surface area contributed by atoms with Crippen LogP contribution in [0.2, 0.25) is 0 Å². The molecule has 1 saturated carbocycles. The lowest BCUT2D eigenvalue weighted by atomic mass is 9.90. The maximum Gasteiger partial charge on any atom is 0.303 e. The molecule has 5 nitrogen and oxygen atoms in total. The molecular weight excluding hydrogens is 272 g/mol. The molecule has 0 radical (unpaired) electrons. The van der Waals surface area contributed by atoms with Crippen molar-refractivity contribution < 1.29 is 24.9 Å². The van der Waals surface area contributed by atoms with Crippen LogP contribution in [0.15, 0.2) is 0 Å². The van der Waals surface area contributed by atoms with Gasteiger partial charge in [-0.1, -0.05) is 0 Å². The number of carboxylic acids is 1. The summed E-state index contributed by atoms with van der Waals surface area (Å²) in [6.07, 6.45) is 2.00. The molecule has 19 heavy (non-hydrogen) atoms. The molecule has 6 heteroatoms. The van der Waals surface area contributed by atoms with E-state index in [4.69, 9.17) is 21.4 Å². The number of fused-ring (bicyclic) bond motifs is 1. The van der Waals surface area contributed by atoms with Gasteiger partial charge >= 0.3 is 5.97 Å². The van der Waals surface area contributed by atoms with Crippen molar-refractivity contribution in [1.82, 2.24) is 0 Å². The monoisotopic (exact) mass is 292 g/mol. The van der Waals surface area contributed by atoms with E-state index < -0.39 is 12.1 Å². The molecule has 6 atom stereocenters. The van der Waals surface area contributed by atoms with Crippen LogP contribution in [0.25, 0.3) is 0 Å². The summed E-state index contributed by atoms with van der Waals surface area (Å²) in [7, 11) is 0. The van der Waals surface area contributed by atoms with Crippen molar-refractivity contribution in [2.24, 2.45) is 11.8 Å². The average Bonchev–Trinajstić information content (AvgIpc) is 2.84. The van der Waals surface area contributed by atoms with Gasteiger partial charge in [-0.05, 0) is 25.2 Å². The van der Waals surface area contributed by atoms with Gasteiger partial charge in [0.1, 0.15) is 0 Å². The maximum absolute atomic E-state index is 10.4. The fraction of sp³-hybridized carbons (Fsp3) is 0.923. The van der Waals surface area contributed by atoms with Crippen molar-refractivity contribution in [1.29, 1.82) is 0 Å². The molecule has 110 valence electrons. The molecular formula is C13H21ClO5. The van der Waals surface area contributed by atoms with Crippen molar-refractivity contribution in [3.05, 3.63) is 0 Å². The molecule has 0 aromatic rings. The predicted octanol–water partition coefficient (Wildman–Crippen LogP) is 0.995. The van der Waals surface area contributed by atoms with Gasteiger partial charge in [0, 0.05) is 25.4 Å². The van der Waals surface area contributed by atoms with Crippen molar-refractivity contribution in [2.45, 2.75) is 55.8 Å². The van der Waals surface area contributed by atoms with E-state index in [-0.39, 0.29) is 42.4 Å². The van der Waals surface area contributed by atoms with E-state index in [1.807, 2.05) is 0 Å². The Morgan fingerprint density at radius 1 is 1.42 bits per heavy atom. The lowest BCUT2D eigenvalue weighted by molar-refractivity contribution is -0.137. The number of carbonyl (C=O) groups is 1. The molecule has 1 saturated heterocycles. The molecule has 3 N–H and O–H groups in total. The minimum Gasteiger partial charge on any atom is -0.481 e. The summed E-state index contributed by atoms with van der Waals surface area (Å²) in [5, 5.41) is 27.5. The van der Waals surface area contributed by atoms with Crippen LogP contribution in [0.1, 0.15) is 32.1 Å². The highest BCUT2D eigenvalue weighted by molar-refractivity contribution is 6.21. The highest BCUT2D eigenvalue weighted by Crippen LogP contribution is 2.44. The van der Waals surface area contributed by atoms with E-state index in [0.29, 0.717) is 19.3 Å². The number of hydrogen-bond donors (Lipinski definition) is 3. The Morgan fingerprint density at radius 2 is 2.16 bits per heavy atom. The largest absolute Gasteiger partial charge is 0.481 e. The topological polar surface area (TPSA) is 87.0 Å². The molecule has 6 unspecified atom stereocenters. The molecule has 1 heterocycles. The molecule has 0 aromatic carbocycles. The van der Waals surface area contributed by atoms with Crippen LogP contribution in [0, 0.1) is 11.8 Å². The Morgan fingerprint density at radius 3 is 2.79 bits per heavy atom. The van der Waals surface area contributed by atoms with Gasteiger partial charge in [-0.25, -0.2) is 0 Å². The Bertz CT molecular complexity index is 324. The Kier molecular flexibility index (Phi) is 5.06. The van der Waals surface area contributed by atoms with E-state index in [0.717, 1.165) is 6.42 Å². The van der Waals surface area contributed by atoms with Gasteiger partial charge in [0.05, 0.1) is 23.7 Å². The highest BCUT2D eigenvalue weighted by Gasteiger charge is 2.49. The summed E-state index contributed by atoms with van der Waals surface area (Å²) < 4.78 is 5.86. The van der Waals surface area contributed by atoms with Gasteiger partial charge in [0.15, 0.2) is 0 Å². The predicted molar refractivity (Wildman–Crippen MR) is 69.1 cm³/mol. The molecule has 1 aliphatic carbocycles. The van der Waals surface area contributed by atoms with E-state index in [9.17, 15) is 15.0 Å². The van der Waals surface area contributed by atoms with Gasteiger partial charge in [-0.2, -0.15) is 0 Å². The molecule has 0 spiro atoms. The first-order valence-electron chi connectivity index (χ1n) is 6.83. The lowest BCUT2D eigenvalue weighted by Crippen LogP contribution is -2.26. The molecule has 1 aliphatic heterocycles. The highest BCUT2D eigenvalue weighted by atomic mass is 35.5. The van der Waals surface area contributed by atoms with Gasteiger partial charge in [0.25, 0.3) is 0 Å². The summed E-state index contributed by atoms with van der Waals surface area (Å²) in [6.45, 7) is -0.0234. The summed E-state index contributed by atoms with van der Waals surface area (Å²) in [5.41, 5.74) is 0. The smallest absolute Gasteiger partial charge is 0.303 e. The lowest BCUT2D eigenvalue weighted by Gasteiger charge is -2.20. The van der Waals surface area contributed by atoms with Crippen molar-refractivity contribution in [3.63, 3.8) is 0 Å². The summed E-state index contributed by atoms with van der Waals surface area (Å²) in [6, 6.07) is 0. The minimum absolute atomic E-state index is 0.0159. The van der Waals surface area contributed by atoms with Crippen LogP contribution in [0.3, 0.4) is 0 Å². The zero-order valence-corrected chi connectivity index (χ0v) is 11.5. The zero-order chi connectivity index (χ0) is 14.0. The number of rotatable bonds is 6. The van der Waals surface area contributed by atoms with Gasteiger partial charge in [-0.15, -0.1) is 11.6 Å². The van der Waals surface area contributed by atoms with E-state index >= 15 is 0 Å². The number of aliphatic hydroxyl groups is 2. The summed E-state index contributed by atoms with van der Waals surface area (Å²) in [4.78, 5) is 10.4. The van der Waals surface area contributed by atoms with Crippen LogP contribution in [-0.2, 0) is 9.53 Å². The first-order chi connectivity index (χ1) is 9.02. The molecule has 2 rings (SSSR count). The second-order valence-corrected chi connectivity index (χ2v) is 6.12. The van der Waals surface area contributed by atoms with Crippen LogP contribution in [0.4, 0.5) is 0 Å². The van der Waals surface area contributed by atoms with E-state index in [1.54, 1.807) is 0 Å². The van der Waals surface area contributed by atoms with Crippen molar-refractivity contribution in [3.8, 4) is 0 Å². The minimum atomic E-state index is -0.809. The van der Waals surface area contributed by atoms with E-state index in [1.165, 1.54) is 0 Å². The SMILES string of the molecule is O=C(O)CCCC(Cl)C1CC2C(CC(O)C2CO)O1. The van der Waals surface area contributed by atoms with Gasteiger partial charge < -0.3 is 20.1 Å². The van der Waals surface area contributed by atoms with Crippen LogP contribution >= 0.6 is 11.6 Å². The fourth-order valence-corrected chi connectivity index (χ4v) is 3.62. The molecule has 0 aromatic heterocycles. The fourth-order valence-electron chi connectivity index (χ4n) is 3.30. The Labute approximate surface area is 117 Å². The number of alkyl halides is 1. The third-order valence-corrected chi connectivity index (χ3v) is 4.83. The number of aliphatic hydroxyl groups excluding tert-OH is 2. The normalized spacial score (nSPS) is 39.2. The maximum atomic E-state index is 10.4.